The van der Waals surface area contributed by atoms with Gasteiger partial charge in [0.2, 0.25) is 0 Å². The average molecular weight is 241 g/mol. The largest absolute Gasteiger partial charge is 0.234 e. The highest BCUT2D eigenvalue weighted by atomic mass is 32.2. The highest BCUT2D eigenvalue weighted by molar-refractivity contribution is 7.85. The molecule has 0 aromatic heterocycles. The molecular weight excluding hydrogens is 225 g/mol. The Kier molecular flexibility index (Phi) is 3.97. The summed E-state index contributed by atoms with van der Waals surface area (Å²) in [6.07, 6.45) is 0. The van der Waals surface area contributed by atoms with Crippen LogP contribution in [0.5, 0.6) is 0 Å². The lowest BCUT2D eigenvalue weighted by Crippen LogP contribution is -2.20. The van der Waals surface area contributed by atoms with E-state index < -0.39 is 15.7 Å². The molecule has 1 aromatic rings. The third-order valence-corrected chi connectivity index (χ3v) is 3.49. The molecule has 0 saturated heterocycles. The Morgan fingerprint density at radius 3 is 2.38 bits per heavy atom. The Bertz CT molecular complexity index is 435. The minimum atomic E-state index is -1.35. The molecule has 0 heterocycles. The second-order valence-corrected chi connectivity index (χ2v) is 6.42. The minimum Gasteiger partial charge on any atom is -0.234 e. The lowest BCUT2D eigenvalue weighted by molar-refractivity contribution is 0.625. The molecule has 0 radical (unpaired) electrons. The van der Waals surface area contributed by atoms with Crippen LogP contribution < -0.4 is 0 Å². The molecule has 0 N–H and O–H groups in total. The van der Waals surface area contributed by atoms with Crippen molar-refractivity contribution in [2.24, 2.45) is 4.40 Å². The van der Waals surface area contributed by atoms with Gasteiger partial charge in [-0.05, 0) is 33.8 Å². The molecule has 1 atom stereocenters. The van der Waals surface area contributed by atoms with Crippen molar-refractivity contribution in [1.29, 1.82) is 0 Å². The van der Waals surface area contributed by atoms with Crippen molar-refractivity contribution in [2.45, 2.75) is 32.4 Å². The van der Waals surface area contributed by atoms with Gasteiger partial charge in [-0.1, -0.05) is 18.2 Å². The van der Waals surface area contributed by atoms with E-state index in [2.05, 4.69) is 4.40 Å². The normalized spacial score (nSPS) is 14.9. The number of hydrogen-bond acceptors (Lipinski definition) is 1. The zero-order valence-electron chi connectivity index (χ0n) is 9.95. The fourth-order valence-corrected chi connectivity index (χ4v) is 1.69. The molecule has 0 aliphatic heterocycles. The number of hydrogen-bond donors (Lipinski definition) is 0. The molecule has 0 saturated carbocycles. The van der Waals surface area contributed by atoms with E-state index in [0.717, 1.165) is 0 Å². The first kappa shape index (κ1) is 13.0. The summed E-state index contributed by atoms with van der Waals surface area (Å²) in [7, 11) is -1.35. The summed E-state index contributed by atoms with van der Waals surface area (Å²) in [5, 5.41) is 0. The first-order valence-electron chi connectivity index (χ1n) is 5.04. The number of nitrogens with zero attached hydrogens (tertiary/aromatic N) is 1. The van der Waals surface area contributed by atoms with Gasteiger partial charge in [0.1, 0.15) is 16.8 Å². The van der Waals surface area contributed by atoms with Crippen molar-refractivity contribution in [3.05, 3.63) is 35.6 Å². The van der Waals surface area contributed by atoms with Crippen LogP contribution in [0.1, 0.15) is 33.3 Å². The quantitative estimate of drug-likeness (QED) is 0.732. The highest BCUT2D eigenvalue weighted by Gasteiger charge is 2.19. The first-order chi connectivity index (χ1) is 7.32. The molecule has 1 rings (SSSR count). The van der Waals surface area contributed by atoms with Gasteiger partial charge in [0.05, 0.1) is 10.5 Å². The Hall–Kier alpha value is -1.03. The number of rotatable bonds is 2. The Balaban J connectivity index is 3.04. The van der Waals surface area contributed by atoms with E-state index in [-0.39, 0.29) is 5.82 Å². The maximum Gasteiger partial charge on any atom is 0.145 e. The van der Waals surface area contributed by atoms with E-state index >= 15 is 0 Å². The molecule has 0 spiro atoms. The summed E-state index contributed by atoms with van der Waals surface area (Å²) >= 11 is 0. The van der Waals surface area contributed by atoms with E-state index in [1.165, 1.54) is 6.07 Å². The zero-order chi connectivity index (χ0) is 12.3. The van der Waals surface area contributed by atoms with Crippen LogP contribution in [-0.4, -0.2) is 14.7 Å². The monoisotopic (exact) mass is 241 g/mol. The van der Waals surface area contributed by atoms with Crippen LogP contribution in [0.3, 0.4) is 0 Å². The van der Waals surface area contributed by atoms with Gasteiger partial charge in [-0.3, -0.25) is 0 Å². The van der Waals surface area contributed by atoms with Crippen LogP contribution in [0.4, 0.5) is 4.39 Å². The van der Waals surface area contributed by atoms with Crippen LogP contribution in [0.25, 0.3) is 0 Å². The molecule has 16 heavy (non-hydrogen) atoms. The fraction of sp³-hybridized carbons (Fsp3) is 0.417. The van der Waals surface area contributed by atoms with Gasteiger partial charge < -0.3 is 0 Å². The molecule has 4 heteroatoms. The lowest BCUT2D eigenvalue weighted by atomic mass is 10.1. The van der Waals surface area contributed by atoms with Crippen LogP contribution in [0, 0.1) is 5.82 Å². The molecule has 1 aromatic carbocycles. The van der Waals surface area contributed by atoms with Crippen molar-refractivity contribution in [3.63, 3.8) is 0 Å². The molecule has 2 nitrogen and oxygen atoms in total. The van der Waals surface area contributed by atoms with Crippen molar-refractivity contribution >= 4 is 16.7 Å². The summed E-state index contributed by atoms with van der Waals surface area (Å²) in [6, 6.07) is 6.35. The van der Waals surface area contributed by atoms with E-state index in [0.29, 0.717) is 11.3 Å². The highest BCUT2D eigenvalue weighted by Crippen LogP contribution is 2.15. The maximum absolute atomic E-state index is 13.4. The molecule has 0 bridgehead atoms. The SMILES string of the molecule is CC(=N[S@@](=O)C(C)(C)C)c1ccccc1F. The van der Waals surface area contributed by atoms with E-state index in [4.69, 9.17) is 0 Å². The zero-order valence-corrected chi connectivity index (χ0v) is 10.8. The smallest absolute Gasteiger partial charge is 0.145 e. The first-order valence-corrected chi connectivity index (χ1v) is 6.15. The molecule has 0 unspecified atom stereocenters. The van der Waals surface area contributed by atoms with Crippen LogP contribution in [0.2, 0.25) is 0 Å². The predicted molar refractivity (Wildman–Crippen MR) is 66.5 cm³/mol. The molecule has 0 aliphatic carbocycles. The molecule has 0 aliphatic rings. The number of halogens is 1. The van der Waals surface area contributed by atoms with Gasteiger partial charge in [0.25, 0.3) is 0 Å². The summed E-state index contributed by atoms with van der Waals surface area (Å²) in [5.41, 5.74) is 0.867. The Labute approximate surface area is 98.2 Å². The standard InChI is InChI=1S/C12H16FNOS/c1-9(14-16(15)12(2,3)4)10-7-5-6-8-11(10)13/h5-8H,1-4H3/t16-/m0/s1. The summed E-state index contributed by atoms with van der Waals surface area (Å²) < 4.78 is 28.8. The predicted octanol–water partition coefficient (Wildman–Crippen LogP) is 3.10. The van der Waals surface area contributed by atoms with Crippen molar-refractivity contribution < 1.29 is 8.60 Å². The Morgan fingerprint density at radius 1 is 1.31 bits per heavy atom. The fourth-order valence-electron chi connectivity index (χ4n) is 1.07. The van der Waals surface area contributed by atoms with Gasteiger partial charge in [0.15, 0.2) is 0 Å². The number of benzene rings is 1. The topological polar surface area (TPSA) is 29.4 Å². The Morgan fingerprint density at radius 2 is 1.88 bits per heavy atom. The third kappa shape index (κ3) is 3.23. The van der Waals surface area contributed by atoms with Crippen molar-refractivity contribution in [2.75, 3.05) is 0 Å². The second-order valence-electron chi connectivity index (χ2n) is 4.52. The second kappa shape index (κ2) is 4.87. The van der Waals surface area contributed by atoms with Crippen molar-refractivity contribution in [3.8, 4) is 0 Å². The molecular formula is C12H16FNOS. The molecule has 0 amide bonds. The van der Waals surface area contributed by atoms with Gasteiger partial charge in [0, 0.05) is 5.56 Å². The van der Waals surface area contributed by atoms with Gasteiger partial charge >= 0.3 is 0 Å². The maximum atomic E-state index is 13.4. The van der Waals surface area contributed by atoms with E-state index in [1.807, 2.05) is 20.8 Å². The summed E-state index contributed by atoms with van der Waals surface area (Å²) in [4.78, 5) is 0. The summed E-state index contributed by atoms with van der Waals surface area (Å²) in [6.45, 7) is 7.17. The average Bonchev–Trinajstić information content (AvgIpc) is 2.16. The lowest BCUT2D eigenvalue weighted by Gasteiger charge is -2.14. The van der Waals surface area contributed by atoms with Crippen molar-refractivity contribution in [1.82, 2.24) is 0 Å². The van der Waals surface area contributed by atoms with E-state index in [9.17, 15) is 8.60 Å². The third-order valence-electron chi connectivity index (χ3n) is 2.01. The van der Waals surface area contributed by atoms with Crippen LogP contribution >= 0.6 is 0 Å². The van der Waals surface area contributed by atoms with Gasteiger partial charge in [-0.25, -0.2) is 8.60 Å². The molecule has 0 fully saturated rings. The minimum absolute atomic E-state index is 0.338. The van der Waals surface area contributed by atoms with Gasteiger partial charge in [-0.2, -0.15) is 4.40 Å². The van der Waals surface area contributed by atoms with Crippen LogP contribution in [0.15, 0.2) is 28.7 Å². The van der Waals surface area contributed by atoms with Crippen LogP contribution in [-0.2, 0) is 11.0 Å². The molecule has 88 valence electrons. The van der Waals surface area contributed by atoms with E-state index in [1.54, 1.807) is 25.1 Å². The summed E-state index contributed by atoms with van der Waals surface area (Å²) in [5.74, 6) is -0.338. The van der Waals surface area contributed by atoms with Gasteiger partial charge in [-0.15, -0.1) is 0 Å².